The van der Waals surface area contributed by atoms with Gasteiger partial charge in [-0.25, -0.2) is 4.98 Å². The summed E-state index contributed by atoms with van der Waals surface area (Å²) in [6, 6.07) is 12.7. The van der Waals surface area contributed by atoms with Gasteiger partial charge >= 0.3 is 6.18 Å². The molecule has 0 radical (unpaired) electrons. The molecule has 2 aromatic carbocycles. The Labute approximate surface area is 156 Å². The highest BCUT2D eigenvalue weighted by atomic mass is 35.5. The molecule has 0 saturated carbocycles. The Morgan fingerprint density at radius 3 is 2.40 bits per heavy atom. The molecule has 0 aliphatic carbocycles. The zero-order valence-electron chi connectivity index (χ0n) is 13.1. The normalized spacial score (nSPS) is 11.7. The lowest BCUT2D eigenvalue weighted by atomic mass is 10.1. The van der Waals surface area contributed by atoms with Crippen LogP contribution in [0.4, 0.5) is 13.2 Å². The van der Waals surface area contributed by atoms with Gasteiger partial charge in [0.25, 0.3) is 0 Å². The average Bonchev–Trinajstić information content (AvgIpc) is 2.94. The number of halogens is 4. The topological polar surface area (TPSA) is 12.9 Å². The Balaban J connectivity index is 1.77. The third kappa shape index (κ3) is 4.37. The van der Waals surface area contributed by atoms with E-state index in [0.717, 1.165) is 32.6 Å². The zero-order chi connectivity index (χ0) is 18.0. The van der Waals surface area contributed by atoms with E-state index in [1.54, 1.807) is 11.8 Å². The maximum absolute atomic E-state index is 12.7. The molecule has 0 spiro atoms. The van der Waals surface area contributed by atoms with Crippen molar-refractivity contribution in [1.29, 1.82) is 0 Å². The highest BCUT2D eigenvalue weighted by molar-refractivity contribution is 7.98. The van der Waals surface area contributed by atoms with Crippen molar-refractivity contribution in [2.24, 2.45) is 0 Å². The molecular weight excluding hydrogens is 387 g/mol. The average molecular weight is 400 g/mol. The van der Waals surface area contributed by atoms with Crippen LogP contribution >= 0.6 is 34.7 Å². The first kappa shape index (κ1) is 18.3. The fourth-order valence-electron chi connectivity index (χ4n) is 2.19. The van der Waals surface area contributed by atoms with E-state index in [1.807, 2.05) is 31.2 Å². The number of hydrogen-bond donors (Lipinski definition) is 0. The lowest BCUT2D eigenvalue weighted by molar-refractivity contribution is -0.137. The maximum Gasteiger partial charge on any atom is 0.416 e. The van der Waals surface area contributed by atoms with E-state index in [-0.39, 0.29) is 0 Å². The summed E-state index contributed by atoms with van der Waals surface area (Å²) in [7, 11) is 0. The smallest absolute Gasteiger partial charge is 0.241 e. The molecule has 0 unspecified atom stereocenters. The molecule has 0 aliphatic heterocycles. The van der Waals surface area contributed by atoms with E-state index < -0.39 is 11.7 Å². The number of nitrogens with zero attached hydrogens (tertiary/aromatic N) is 1. The van der Waals surface area contributed by atoms with Gasteiger partial charge in [0.2, 0.25) is 0 Å². The Morgan fingerprint density at radius 2 is 1.76 bits per heavy atom. The van der Waals surface area contributed by atoms with Gasteiger partial charge in [-0.05, 0) is 31.2 Å². The van der Waals surface area contributed by atoms with Gasteiger partial charge < -0.3 is 0 Å². The van der Waals surface area contributed by atoms with Crippen molar-refractivity contribution in [2.75, 3.05) is 0 Å². The summed E-state index contributed by atoms with van der Waals surface area (Å²) in [6.07, 6.45) is -4.33. The summed E-state index contributed by atoms with van der Waals surface area (Å²) < 4.78 is 38.0. The molecule has 1 aromatic heterocycles. The quantitative estimate of drug-likeness (QED) is 0.434. The molecule has 7 heteroatoms. The van der Waals surface area contributed by atoms with Crippen molar-refractivity contribution in [3.63, 3.8) is 0 Å². The molecule has 0 atom stereocenters. The predicted octanol–water partition coefficient (Wildman–Crippen LogP) is 7.08. The number of benzene rings is 2. The van der Waals surface area contributed by atoms with Crippen LogP contribution in [-0.4, -0.2) is 4.98 Å². The molecule has 0 N–H and O–H groups in total. The third-order valence-electron chi connectivity index (χ3n) is 3.55. The van der Waals surface area contributed by atoms with Gasteiger partial charge in [-0.2, -0.15) is 13.2 Å². The molecule has 0 bridgehead atoms. The molecule has 1 heterocycles. The fourth-order valence-corrected chi connectivity index (χ4v) is 4.64. The lowest BCUT2D eigenvalue weighted by Gasteiger charge is -2.06. The van der Waals surface area contributed by atoms with Gasteiger partial charge in [-0.1, -0.05) is 35.9 Å². The van der Waals surface area contributed by atoms with E-state index in [2.05, 4.69) is 4.98 Å². The minimum absolute atomic E-state index is 0.654. The SMILES string of the molecule is Cc1nc(-c2ccc(C(F)(F)F)cc2)sc1CSc1ccccc1Cl. The number of thiazole rings is 1. The lowest BCUT2D eigenvalue weighted by Crippen LogP contribution is -2.03. The standard InChI is InChI=1S/C18H13ClF3NS2/c1-11-16(10-24-15-5-3-2-4-14(15)19)25-17(23-11)12-6-8-13(9-7-12)18(20,21)22/h2-9H,10H2,1H3. The van der Waals surface area contributed by atoms with Crippen molar-refractivity contribution in [3.05, 3.63) is 69.7 Å². The van der Waals surface area contributed by atoms with Crippen LogP contribution in [0.3, 0.4) is 0 Å². The van der Waals surface area contributed by atoms with Gasteiger partial charge in [0, 0.05) is 21.1 Å². The zero-order valence-corrected chi connectivity index (χ0v) is 15.5. The second-order valence-electron chi connectivity index (χ2n) is 5.32. The fraction of sp³-hybridized carbons (Fsp3) is 0.167. The van der Waals surface area contributed by atoms with E-state index in [4.69, 9.17) is 11.6 Å². The first-order chi connectivity index (χ1) is 11.8. The van der Waals surface area contributed by atoms with Crippen LogP contribution in [0, 0.1) is 6.92 Å². The molecule has 3 aromatic rings. The Morgan fingerprint density at radius 1 is 1.08 bits per heavy atom. The van der Waals surface area contributed by atoms with Crippen molar-refractivity contribution in [3.8, 4) is 10.6 Å². The second-order valence-corrected chi connectivity index (χ2v) is 7.83. The first-order valence-corrected chi connectivity index (χ1v) is 9.54. The molecule has 0 aliphatic rings. The van der Waals surface area contributed by atoms with Crippen molar-refractivity contribution < 1.29 is 13.2 Å². The Bertz CT molecular complexity index is 873. The molecule has 0 fully saturated rings. The minimum Gasteiger partial charge on any atom is -0.241 e. The second kappa shape index (κ2) is 7.40. The van der Waals surface area contributed by atoms with Crippen LogP contribution in [0.2, 0.25) is 5.02 Å². The van der Waals surface area contributed by atoms with Crippen LogP contribution in [-0.2, 0) is 11.9 Å². The molecule has 130 valence electrons. The van der Waals surface area contributed by atoms with E-state index in [0.29, 0.717) is 16.3 Å². The number of hydrogen-bond acceptors (Lipinski definition) is 3. The molecule has 0 amide bonds. The number of alkyl halides is 3. The van der Waals surface area contributed by atoms with Crippen molar-refractivity contribution in [1.82, 2.24) is 4.98 Å². The van der Waals surface area contributed by atoms with Crippen molar-refractivity contribution in [2.45, 2.75) is 23.7 Å². The number of aromatic nitrogens is 1. The van der Waals surface area contributed by atoms with Crippen molar-refractivity contribution >= 4 is 34.7 Å². The van der Waals surface area contributed by atoms with Gasteiger partial charge in [-0.3, -0.25) is 0 Å². The molecule has 3 rings (SSSR count). The van der Waals surface area contributed by atoms with Crippen LogP contribution in [0.15, 0.2) is 53.4 Å². The largest absolute Gasteiger partial charge is 0.416 e. The Kier molecular flexibility index (Phi) is 5.41. The van der Waals surface area contributed by atoms with Crippen LogP contribution in [0.25, 0.3) is 10.6 Å². The maximum atomic E-state index is 12.7. The van der Waals surface area contributed by atoms with Gasteiger partial charge in [-0.15, -0.1) is 23.1 Å². The van der Waals surface area contributed by atoms with E-state index in [1.165, 1.54) is 23.5 Å². The van der Waals surface area contributed by atoms with E-state index in [9.17, 15) is 13.2 Å². The van der Waals surface area contributed by atoms with Crippen LogP contribution in [0.1, 0.15) is 16.1 Å². The number of rotatable bonds is 4. The molecule has 0 saturated heterocycles. The first-order valence-electron chi connectivity index (χ1n) is 7.36. The molecule has 25 heavy (non-hydrogen) atoms. The highest BCUT2D eigenvalue weighted by Crippen LogP contribution is 2.36. The number of aryl methyl sites for hydroxylation is 1. The van der Waals surface area contributed by atoms with Crippen LogP contribution < -0.4 is 0 Å². The van der Waals surface area contributed by atoms with E-state index >= 15 is 0 Å². The summed E-state index contributed by atoms with van der Waals surface area (Å²) in [5.41, 5.74) is 0.925. The minimum atomic E-state index is -4.33. The predicted molar refractivity (Wildman–Crippen MR) is 98.3 cm³/mol. The van der Waals surface area contributed by atoms with Gasteiger partial charge in [0.05, 0.1) is 16.3 Å². The summed E-state index contributed by atoms with van der Waals surface area (Å²) in [5.74, 6) is 0.716. The Hall–Kier alpha value is -1.50. The molecular formula is C18H13ClF3NS2. The monoisotopic (exact) mass is 399 g/mol. The summed E-state index contributed by atoms with van der Waals surface area (Å²) >= 11 is 9.27. The summed E-state index contributed by atoms with van der Waals surface area (Å²) in [5, 5.41) is 1.43. The van der Waals surface area contributed by atoms with Gasteiger partial charge in [0.1, 0.15) is 5.01 Å². The summed E-state index contributed by atoms with van der Waals surface area (Å²) in [6.45, 7) is 1.91. The summed E-state index contributed by atoms with van der Waals surface area (Å²) in [4.78, 5) is 6.58. The van der Waals surface area contributed by atoms with Gasteiger partial charge in [0.15, 0.2) is 0 Å². The molecule has 1 nitrogen and oxygen atoms in total. The third-order valence-corrected chi connectivity index (χ3v) is 6.48. The number of thioether (sulfide) groups is 1. The highest BCUT2D eigenvalue weighted by Gasteiger charge is 2.30. The van der Waals surface area contributed by atoms with Crippen LogP contribution in [0.5, 0.6) is 0 Å².